The van der Waals surface area contributed by atoms with Crippen LogP contribution in [0.1, 0.15) is 48.0 Å². The maximum absolute atomic E-state index is 11.8. The first-order chi connectivity index (χ1) is 9.49. The largest absolute Gasteiger partial charge is 0.465 e. The average Bonchev–Trinajstić information content (AvgIpc) is 2.36. The van der Waals surface area contributed by atoms with Crippen molar-refractivity contribution in [2.24, 2.45) is 22.3 Å². The normalized spacial score (nSPS) is 15.2. The predicted molar refractivity (Wildman–Crippen MR) is 81.4 cm³/mol. The molecule has 0 saturated carbocycles. The van der Waals surface area contributed by atoms with Gasteiger partial charge >= 0.3 is 11.9 Å². The highest BCUT2D eigenvalue weighted by Crippen LogP contribution is 2.38. The van der Waals surface area contributed by atoms with Gasteiger partial charge in [-0.3, -0.25) is 9.59 Å². The van der Waals surface area contributed by atoms with Crippen LogP contribution in [0.5, 0.6) is 0 Å². The van der Waals surface area contributed by atoms with Gasteiger partial charge in [0.25, 0.3) is 0 Å². The monoisotopic (exact) mass is 302 g/mol. The first-order valence-electron chi connectivity index (χ1n) is 7.34. The minimum Gasteiger partial charge on any atom is -0.465 e. The molecule has 0 heterocycles. The highest BCUT2D eigenvalue weighted by Gasteiger charge is 2.42. The Labute approximate surface area is 127 Å². The van der Waals surface area contributed by atoms with Gasteiger partial charge < -0.3 is 20.9 Å². The second-order valence-corrected chi connectivity index (χ2v) is 6.61. The maximum atomic E-state index is 11.8. The van der Waals surface area contributed by atoms with Gasteiger partial charge in [-0.2, -0.15) is 0 Å². The first-order valence-corrected chi connectivity index (χ1v) is 7.34. The Bertz CT molecular complexity index is 333. The van der Waals surface area contributed by atoms with Crippen molar-refractivity contribution in [2.45, 2.75) is 60.0 Å². The molecule has 0 bridgehead atoms. The summed E-state index contributed by atoms with van der Waals surface area (Å²) in [6.07, 6.45) is 0.486. The summed E-state index contributed by atoms with van der Waals surface area (Å²) in [5, 5.41) is 0. The Morgan fingerprint density at radius 2 is 1.14 bits per heavy atom. The average molecular weight is 302 g/mol. The molecule has 0 aliphatic carbocycles. The summed E-state index contributed by atoms with van der Waals surface area (Å²) < 4.78 is 9.93. The van der Waals surface area contributed by atoms with E-state index >= 15 is 0 Å². The molecular formula is C15H30N2O4. The third-order valence-electron chi connectivity index (χ3n) is 3.68. The molecule has 0 saturated heterocycles. The van der Waals surface area contributed by atoms with Crippen molar-refractivity contribution in [3.63, 3.8) is 0 Å². The van der Waals surface area contributed by atoms with Gasteiger partial charge in [0.2, 0.25) is 0 Å². The number of esters is 2. The van der Waals surface area contributed by atoms with Crippen molar-refractivity contribution in [2.75, 3.05) is 13.2 Å². The lowest BCUT2D eigenvalue weighted by Gasteiger charge is -2.39. The summed E-state index contributed by atoms with van der Waals surface area (Å²) in [5.41, 5.74) is 10.9. The van der Waals surface area contributed by atoms with Crippen molar-refractivity contribution in [1.82, 2.24) is 0 Å². The van der Waals surface area contributed by atoms with Crippen molar-refractivity contribution in [3.05, 3.63) is 0 Å². The van der Waals surface area contributed by atoms with E-state index in [9.17, 15) is 9.59 Å². The fourth-order valence-corrected chi connectivity index (χ4v) is 2.50. The number of hydrogen-bond acceptors (Lipinski definition) is 6. The van der Waals surface area contributed by atoms with Crippen molar-refractivity contribution >= 4 is 11.9 Å². The van der Waals surface area contributed by atoms with Crippen LogP contribution in [0, 0.1) is 10.8 Å². The van der Waals surface area contributed by atoms with Crippen molar-refractivity contribution in [1.29, 1.82) is 0 Å². The lowest BCUT2D eigenvalue weighted by atomic mass is 9.68. The van der Waals surface area contributed by atoms with Crippen LogP contribution in [0.2, 0.25) is 0 Å². The molecule has 0 unspecified atom stereocenters. The zero-order valence-electron chi connectivity index (χ0n) is 14.1. The zero-order chi connectivity index (χ0) is 16.8. The van der Waals surface area contributed by atoms with Gasteiger partial charge in [0, 0.05) is 0 Å². The van der Waals surface area contributed by atoms with Gasteiger partial charge in [0.15, 0.2) is 0 Å². The lowest BCUT2D eigenvalue weighted by Crippen LogP contribution is -2.52. The lowest BCUT2D eigenvalue weighted by molar-refractivity contribution is -0.149. The summed E-state index contributed by atoms with van der Waals surface area (Å²) in [6.45, 7) is 11.5. The first kappa shape index (κ1) is 19.9. The van der Waals surface area contributed by atoms with Crippen LogP contribution in [0.25, 0.3) is 0 Å². The molecule has 2 atom stereocenters. The zero-order valence-corrected chi connectivity index (χ0v) is 14.1. The Kier molecular flexibility index (Phi) is 7.33. The highest BCUT2D eigenvalue weighted by atomic mass is 16.5. The van der Waals surface area contributed by atoms with E-state index in [1.165, 1.54) is 0 Å². The third-order valence-corrected chi connectivity index (χ3v) is 3.68. The summed E-state index contributed by atoms with van der Waals surface area (Å²) in [6, 6.07) is -1.54. The summed E-state index contributed by atoms with van der Waals surface area (Å²) in [7, 11) is 0. The van der Waals surface area contributed by atoms with E-state index in [1.54, 1.807) is 13.8 Å². The second-order valence-electron chi connectivity index (χ2n) is 6.61. The van der Waals surface area contributed by atoms with Crippen LogP contribution in [-0.4, -0.2) is 37.2 Å². The van der Waals surface area contributed by atoms with Gasteiger partial charge in [-0.1, -0.05) is 27.7 Å². The molecule has 0 spiro atoms. The molecule has 0 aromatic heterocycles. The van der Waals surface area contributed by atoms with Gasteiger partial charge in [0.1, 0.15) is 12.1 Å². The van der Waals surface area contributed by atoms with Crippen LogP contribution in [-0.2, 0) is 19.1 Å². The van der Waals surface area contributed by atoms with Crippen LogP contribution in [0.4, 0.5) is 0 Å². The molecule has 4 N–H and O–H groups in total. The maximum Gasteiger partial charge on any atom is 0.323 e. The minimum atomic E-state index is -0.772. The molecule has 0 amide bonds. The Morgan fingerprint density at radius 3 is 1.38 bits per heavy atom. The molecule has 0 aliphatic rings. The van der Waals surface area contributed by atoms with E-state index in [-0.39, 0.29) is 13.2 Å². The van der Waals surface area contributed by atoms with E-state index in [2.05, 4.69) is 0 Å². The van der Waals surface area contributed by atoms with Crippen molar-refractivity contribution in [3.8, 4) is 0 Å². The highest BCUT2D eigenvalue weighted by molar-refractivity contribution is 5.77. The molecule has 21 heavy (non-hydrogen) atoms. The fourth-order valence-electron chi connectivity index (χ4n) is 2.50. The van der Waals surface area contributed by atoms with Crippen LogP contribution in [0.15, 0.2) is 0 Å². The number of ether oxygens (including phenoxy) is 2. The van der Waals surface area contributed by atoms with Gasteiger partial charge in [-0.15, -0.1) is 0 Å². The number of rotatable bonds is 8. The van der Waals surface area contributed by atoms with E-state index in [1.807, 2.05) is 27.7 Å². The molecular weight excluding hydrogens is 272 g/mol. The molecule has 0 rings (SSSR count). The molecule has 0 aromatic carbocycles. The van der Waals surface area contributed by atoms with E-state index in [0.717, 1.165) is 0 Å². The fraction of sp³-hybridized carbons (Fsp3) is 0.867. The third kappa shape index (κ3) is 5.63. The predicted octanol–water partition coefficient (Wildman–Crippen LogP) is 1.21. The smallest absolute Gasteiger partial charge is 0.323 e. The SMILES string of the molecule is CCOC(=O)[C@@H](N)C(C)(C)CC(C)(C)[C@@H](N)C(=O)OCC. The van der Waals surface area contributed by atoms with E-state index < -0.39 is 34.9 Å². The standard InChI is InChI=1S/C15H30N2O4/c1-7-20-12(18)10(16)14(3,4)9-15(5,6)11(17)13(19)21-8-2/h10-11H,7-9,16-17H2,1-6H3/t10-,11+. The van der Waals surface area contributed by atoms with Crippen molar-refractivity contribution < 1.29 is 19.1 Å². The molecule has 0 aliphatic heterocycles. The number of carbonyl (C=O) groups excluding carboxylic acids is 2. The molecule has 0 aromatic rings. The Balaban J connectivity index is 4.96. The molecule has 124 valence electrons. The number of carbonyl (C=O) groups is 2. The van der Waals surface area contributed by atoms with E-state index in [0.29, 0.717) is 6.42 Å². The van der Waals surface area contributed by atoms with Crippen LogP contribution in [0.3, 0.4) is 0 Å². The van der Waals surface area contributed by atoms with Gasteiger partial charge in [0.05, 0.1) is 13.2 Å². The van der Waals surface area contributed by atoms with Crippen LogP contribution >= 0.6 is 0 Å². The summed E-state index contributed by atoms with van der Waals surface area (Å²) in [4.78, 5) is 23.6. The molecule has 6 nitrogen and oxygen atoms in total. The quantitative estimate of drug-likeness (QED) is 0.653. The molecule has 0 radical (unpaired) electrons. The number of hydrogen-bond donors (Lipinski definition) is 2. The van der Waals surface area contributed by atoms with Gasteiger partial charge in [-0.05, 0) is 31.1 Å². The molecule has 6 heteroatoms. The molecule has 0 fully saturated rings. The van der Waals surface area contributed by atoms with Crippen LogP contribution < -0.4 is 11.5 Å². The number of nitrogens with two attached hydrogens (primary N) is 2. The minimum absolute atomic E-state index is 0.286. The topological polar surface area (TPSA) is 105 Å². The Morgan fingerprint density at radius 1 is 0.857 bits per heavy atom. The van der Waals surface area contributed by atoms with E-state index in [4.69, 9.17) is 20.9 Å². The summed E-state index contributed by atoms with van der Waals surface area (Å²) >= 11 is 0. The second kappa shape index (κ2) is 7.75. The Hall–Kier alpha value is -1.14. The van der Waals surface area contributed by atoms with Gasteiger partial charge in [-0.25, -0.2) is 0 Å². The summed E-state index contributed by atoms with van der Waals surface area (Å²) in [5.74, 6) is -0.883.